The summed E-state index contributed by atoms with van der Waals surface area (Å²) >= 11 is 6.09. The van der Waals surface area contributed by atoms with E-state index in [1.165, 1.54) is 4.31 Å². The van der Waals surface area contributed by atoms with Gasteiger partial charge in [-0.1, -0.05) is 62.7 Å². The first kappa shape index (κ1) is 31.1. The molecule has 1 aliphatic rings. The van der Waals surface area contributed by atoms with Gasteiger partial charge in [-0.15, -0.1) is 0 Å². The summed E-state index contributed by atoms with van der Waals surface area (Å²) < 4.78 is 27.5. The first-order chi connectivity index (χ1) is 18.5. The van der Waals surface area contributed by atoms with Gasteiger partial charge in [0.2, 0.25) is 15.9 Å². The summed E-state index contributed by atoms with van der Waals surface area (Å²) in [5.74, 6) is 0.0867. The normalized spacial score (nSPS) is 14.7. The van der Waals surface area contributed by atoms with Crippen LogP contribution >= 0.6 is 11.6 Å². The largest absolute Gasteiger partial charge is 0.338 e. The second-order valence-corrected chi connectivity index (χ2v) is 13.3. The van der Waals surface area contributed by atoms with Crippen molar-refractivity contribution >= 4 is 33.4 Å². The number of sulfonamides is 1. The number of aryl methyl sites for hydroxylation is 1. The Hall–Kier alpha value is -2.42. The Morgan fingerprint density at radius 3 is 2.38 bits per heavy atom. The molecular formula is C30H42ClN3O4S. The fourth-order valence-corrected chi connectivity index (χ4v) is 6.58. The number of hydrogen-bond donors (Lipinski definition) is 0. The van der Waals surface area contributed by atoms with E-state index >= 15 is 0 Å². The van der Waals surface area contributed by atoms with Crippen LogP contribution in [0.1, 0.15) is 67.9 Å². The molecule has 0 aromatic heterocycles. The highest BCUT2D eigenvalue weighted by Gasteiger charge is 2.33. The zero-order valence-electron chi connectivity index (χ0n) is 23.6. The number of nitrogens with zero attached hydrogens (tertiary/aromatic N) is 3. The number of carbonyl (C=O) groups excluding carboxylic acids is 2. The molecule has 0 saturated carbocycles. The minimum Gasteiger partial charge on any atom is -0.338 e. The fourth-order valence-electron chi connectivity index (χ4n) is 4.92. The highest BCUT2D eigenvalue weighted by molar-refractivity contribution is 7.89. The molecule has 3 rings (SSSR count). The van der Waals surface area contributed by atoms with E-state index in [0.717, 1.165) is 11.1 Å². The predicted octanol–water partition coefficient (Wildman–Crippen LogP) is 5.37. The van der Waals surface area contributed by atoms with Gasteiger partial charge in [-0.05, 0) is 67.9 Å². The maximum absolute atomic E-state index is 13.9. The molecule has 0 spiro atoms. The Labute approximate surface area is 239 Å². The Balaban J connectivity index is 1.80. The molecule has 2 amide bonds. The number of amides is 2. The fraction of sp³-hybridized carbons (Fsp3) is 0.533. The van der Waals surface area contributed by atoms with Crippen LogP contribution in [0, 0.1) is 12.8 Å². The molecule has 39 heavy (non-hydrogen) atoms. The summed E-state index contributed by atoms with van der Waals surface area (Å²) in [6.45, 7) is 9.56. The lowest BCUT2D eigenvalue weighted by Crippen LogP contribution is -2.51. The number of carbonyl (C=O) groups is 2. The zero-order valence-corrected chi connectivity index (χ0v) is 25.2. The molecule has 214 valence electrons. The van der Waals surface area contributed by atoms with Gasteiger partial charge >= 0.3 is 0 Å². The van der Waals surface area contributed by atoms with Crippen molar-refractivity contribution in [1.82, 2.24) is 14.1 Å². The van der Waals surface area contributed by atoms with Crippen molar-refractivity contribution in [2.75, 3.05) is 31.9 Å². The van der Waals surface area contributed by atoms with Crippen LogP contribution < -0.4 is 0 Å². The topological polar surface area (TPSA) is 78.0 Å². The number of rotatable bonds is 12. The molecule has 9 heteroatoms. The Bertz CT molecular complexity index is 1230. The van der Waals surface area contributed by atoms with E-state index in [4.69, 9.17) is 11.6 Å². The maximum atomic E-state index is 13.9. The Morgan fingerprint density at radius 2 is 1.77 bits per heavy atom. The number of likely N-dealkylation sites (tertiary alicyclic amines) is 1. The van der Waals surface area contributed by atoms with Crippen LogP contribution in [0.3, 0.4) is 0 Å². The summed E-state index contributed by atoms with van der Waals surface area (Å²) in [5, 5.41) is 0.519. The molecule has 1 heterocycles. The van der Waals surface area contributed by atoms with Crippen LogP contribution in [-0.4, -0.2) is 72.3 Å². The van der Waals surface area contributed by atoms with Gasteiger partial charge in [-0.25, -0.2) is 8.42 Å². The smallest absolute Gasteiger partial charge is 0.253 e. The minimum absolute atomic E-state index is 0.0279. The number of halogens is 1. The van der Waals surface area contributed by atoms with E-state index in [0.29, 0.717) is 68.4 Å². The summed E-state index contributed by atoms with van der Waals surface area (Å²) in [4.78, 5) is 30.6. The highest BCUT2D eigenvalue weighted by atomic mass is 35.5. The van der Waals surface area contributed by atoms with Gasteiger partial charge in [0, 0.05) is 42.8 Å². The molecule has 7 nitrogen and oxygen atoms in total. The first-order valence-corrected chi connectivity index (χ1v) is 15.9. The molecule has 0 N–H and O–H groups in total. The van der Waals surface area contributed by atoms with Crippen molar-refractivity contribution < 1.29 is 18.0 Å². The highest BCUT2D eigenvalue weighted by Crippen LogP contribution is 2.23. The van der Waals surface area contributed by atoms with Crippen molar-refractivity contribution in [2.24, 2.45) is 5.92 Å². The van der Waals surface area contributed by atoms with E-state index in [2.05, 4.69) is 13.8 Å². The van der Waals surface area contributed by atoms with Gasteiger partial charge in [-0.2, -0.15) is 4.31 Å². The van der Waals surface area contributed by atoms with Crippen LogP contribution in [0.2, 0.25) is 5.02 Å². The molecule has 0 bridgehead atoms. The van der Waals surface area contributed by atoms with Gasteiger partial charge in [0.1, 0.15) is 0 Å². The monoisotopic (exact) mass is 575 g/mol. The van der Waals surface area contributed by atoms with E-state index < -0.39 is 10.0 Å². The molecule has 2 aromatic carbocycles. The van der Waals surface area contributed by atoms with Crippen molar-refractivity contribution in [3.63, 3.8) is 0 Å². The lowest BCUT2D eigenvalue weighted by atomic mass is 10.00. The summed E-state index contributed by atoms with van der Waals surface area (Å²) in [7, 11) is -3.54. The van der Waals surface area contributed by atoms with Crippen LogP contribution in [0.4, 0.5) is 0 Å². The number of piperidine rings is 1. The second kappa shape index (κ2) is 14.3. The molecule has 0 radical (unpaired) electrons. The molecule has 0 aliphatic carbocycles. The van der Waals surface area contributed by atoms with Crippen molar-refractivity contribution in [3.05, 3.63) is 70.2 Å². The van der Waals surface area contributed by atoms with E-state index in [9.17, 15) is 18.0 Å². The van der Waals surface area contributed by atoms with Gasteiger partial charge in [-0.3, -0.25) is 9.59 Å². The van der Waals surface area contributed by atoms with E-state index in [1.807, 2.05) is 43.0 Å². The van der Waals surface area contributed by atoms with Crippen molar-refractivity contribution in [1.29, 1.82) is 0 Å². The third-order valence-electron chi connectivity index (χ3n) is 7.31. The molecule has 1 saturated heterocycles. The first-order valence-electron chi connectivity index (χ1n) is 13.9. The minimum atomic E-state index is -3.54. The molecule has 1 aliphatic heterocycles. The van der Waals surface area contributed by atoms with E-state index in [-0.39, 0.29) is 30.2 Å². The van der Waals surface area contributed by atoms with Crippen LogP contribution in [0.5, 0.6) is 0 Å². The quantitative estimate of drug-likeness (QED) is 0.341. The van der Waals surface area contributed by atoms with Crippen LogP contribution in [0.15, 0.2) is 48.5 Å². The standard InChI is InChI=1S/C30H42ClN3O4S/c1-5-19-39(37,38)33(18-13-23(2)3)22-29(35)34(21-26-10-7-6-9-24(26)4)28-14-16-32(17-15-28)30(36)25-11-8-12-27(31)20-25/h6-12,20,23,28H,5,13-19,21-22H2,1-4H3. The molecule has 0 unspecified atom stereocenters. The SMILES string of the molecule is CCCS(=O)(=O)N(CCC(C)C)CC(=O)N(Cc1ccccc1C)C1CCN(C(=O)c2cccc(Cl)c2)CC1. The maximum Gasteiger partial charge on any atom is 0.253 e. The Kier molecular flexibility index (Phi) is 11.4. The average molecular weight is 576 g/mol. The summed E-state index contributed by atoms with van der Waals surface area (Å²) in [6.07, 6.45) is 2.44. The van der Waals surface area contributed by atoms with Crippen molar-refractivity contribution in [2.45, 2.75) is 66.0 Å². The van der Waals surface area contributed by atoms with Gasteiger partial charge in [0.15, 0.2) is 0 Å². The van der Waals surface area contributed by atoms with E-state index in [1.54, 1.807) is 29.2 Å². The lowest BCUT2D eigenvalue weighted by Gasteiger charge is -2.39. The molecular weight excluding hydrogens is 534 g/mol. The summed E-state index contributed by atoms with van der Waals surface area (Å²) in [5.41, 5.74) is 2.67. The van der Waals surface area contributed by atoms with Crippen molar-refractivity contribution in [3.8, 4) is 0 Å². The molecule has 1 fully saturated rings. The third-order valence-corrected chi connectivity index (χ3v) is 9.57. The van der Waals surface area contributed by atoms with Gasteiger partial charge < -0.3 is 9.80 Å². The second-order valence-electron chi connectivity index (χ2n) is 10.8. The van der Waals surface area contributed by atoms with Crippen LogP contribution in [0.25, 0.3) is 0 Å². The molecule has 2 aromatic rings. The number of hydrogen-bond acceptors (Lipinski definition) is 4. The number of benzene rings is 2. The van der Waals surface area contributed by atoms with Gasteiger partial charge in [0.25, 0.3) is 5.91 Å². The Morgan fingerprint density at radius 1 is 1.08 bits per heavy atom. The predicted molar refractivity (Wildman–Crippen MR) is 157 cm³/mol. The van der Waals surface area contributed by atoms with Crippen LogP contribution in [-0.2, 0) is 21.4 Å². The summed E-state index contributed by atoms with van der Waals surface area (Å²) in [6, 6.07) is 14.8. The average Bonchev–Trinajstić information content (AvgIpc) is 2.90. The zero-order chi connectivity index (χ0) is 28.6. The lowest BCUT2D eigenvalue weighted by molar-refractivity contribution is -0.135. The molecule has 0 atom stereocenters. The third kappa shape index (κ3) is 8.78. The van der Waals surface area contributed by atoms with Gasteiger partial charge in [0.05, 0.1) is 12.3 Å².